The molecule has 0 aliphatic rings. The number of azide groups is 3. The maximum absolute atomic E-state index is 13.6. The van der Waals surface area contributed by atoms with Crippen LogP contribution in [0.15, 0.2) is 31.5 Å². The van der Waals surface area contributed by atoms with Crippen LogP contribution in [0.5, 0.6) is 0 Å². The molecule has 3 heterocycles. The third-order valence-corrected chi connectivity index (χ3v) is 18.1. The van der Waals surface area contributed by atoms with Crippen molar-refractivity contribution in [2.24, 2.45) is 50.9 Å². The van der Waals surface area contributed by atoms with Crippen molar-refractivity contribution >= 4 is 75.6 Å². The Morgan fingerprint density at radius 2 is 0.920 bits per heavy atom. The van der Waals surface area contributed by atoms with Crippen molar-refractivity contribution in [3.05, 3.63) is 79.6 Å². The molecule has 0 saturated carbocycles. The molecule has 88 heavy (non-hydrogen) atoms. The molecule has 3 N–H and O–H groups in total. The Morgan fingerprint density at radius 3 is 1.28 bits per heavy atom. The van der Waals surface area contributed by atoms with E-state index in [1.54, 1.807) is 10.8 Å². The van der Waals surface area contributed by atoms with Gasteiger partial charge >= 0.3 is 23.9 Å². The van der Waals surface area contributed by atoms with Crippen molar-refractivity contribution in [3.63, 3.8) is 0 Å². The Balaban J connectivity index is 0.000000667. The summed E-state index contributed by atoms with van der Waals surface area (Å²) in [7, 11) is 3.90. The Morgan fingerprint density at radius 1 is 0.557 bits per heavy atom. The molecule has 12 atom stereocenters. The van der Waals surface area contributed by atoms with Gasteiger partial charge in [0.1, 0.15) is 29.2 Å². The average Bonchev–Trinajstić information content (AvgIpc) is 2.13. The largest absolute Gasteiger partial charge is 0.464 e. The van der Waals surface area contributed by atoms with Gasteiger partial charge in [0, 0.05) is 73.7 Å². The van der Waals surface area contributed by atoms with Gasteiger partial charge in [-0.15, -0.1) is 34.0 Å². The number of esters is 4. The summed E-state index contributed by atoms with van der Waals surface area (Å²) in [5, 5.41) is 34.3. The second-order valence-corrected chi connectivity index (χ2v) is 25.2. The number of aliphatic hydroxyl groups is 1. The van der Waals surface area contributed by atoms with Gasteiger partial charge in [-0.25, -0.2) is 29.3 Å². The van der Waals surface area contributed by atoms with Crippen LogP contribution in [-0.4, -0.2) is 131 Å². The molecule has 1 unspecified atom stereocenters. The zero-order chi connectivity index (χ0) is 67.0. The van der Waals surface area contributed by atoms with Crippen LogP contribution in [0.2, 0.25) is 0 Å². The van der Waals surface area contributed by atoms with Crippen LogP contribution in [0, 0.1) is 35.5 Å². The van der Waals surface area contributed by atoms with Crippen molar-refractivity contribution in [2.45, 2.75) is 209 Å². The number of hydrogen-bond donors (Lipinski definition) is 3. The number of amides is 3. The first-order valence-corrected chi connectivity index (χ1v) is 32.2. The molecular formula is C58H93N15O12S3. The minimum atomic E-state index is -0.942. The number of hydrogen-bond acceptors (Lipinski definition) is 21. The predicted octanol–water partition coefficient (Wildman–Crippen LogP) is 12.8. The van der Waals surface area contributed by atoms with Crippen LogP contribution >= 0.6 is 34.0 Å². The lowest BCUT2D eigenvalue weighted by Crippen LogP contribution is -2.50. The van der Waals surface area contributed by atoms with Crippen LogP contribution in [0.1, 0.15) is 220 Å². The number of ether oxygens (including phenoxy) is 4. The molecule has 0 radical (unpaired) electrons. The fourth-order valence-electron chi connectivity index (χ4n) is 8.64. The highest BCUT2D eigenvalue weighted by Crippen LogP contribution is 2.32. The molecule has 3 amide bonds. The van der Waals surface area contributed by atoms with Crippen LogP contribution < -0.4 is 10.6 Å². The lowest BCUT2D eigenvalue weighted by Gasteiger charge is -2.37. The van der Waals surface area contributed by atoms with Crippen LogP contribution in [0.25, 0.3) is 31.3 Å². The van der Waals surface area contributed by atoms with E-state index in [9.17, 15) is 38.7 Å². The minimum Gasteiger partial charge on any atom is -0.464 e. The fraction of sp³-hybridized carbons (Fsp3) is 0.724. The molecule has 3 rings (SSSR count). The fourth-order valence-corrected chi connectivity index (χ4v) is 11.2. The number of nitrogens with zero attached hydrogens (tertiary/aromatic N) is 13. The minimum absolute atomic E-state index is 0.0139. The van der Waals surface area contributed by atoms with Gasteiger partial charge < -0.3 is 39.6 Å². The molecule has 0 aliphatic heterocycles. The van der Waals surface area contributed by atoms with Gasteiger partial charge in [0.25, 0.3) is 0 Å². The van der Waals surface area contributed by atoms with E-state index in [1.165, 1.54) is 54.3 Å². The highest BCUT2D eigenvalue weighted by molar-refractivity contribution is 7.10. The van der Waals surface area contributed by atoms with E-state index in [1.807, 2.05) is 104 Å². The second kappa shape index (κ2) is 41.3. The van der Waals surface area contributed by atoms with Crippen LogP contribution in [-0.2, 0) is 38.1 Å². The Labute approximate surface area is 529 Å². The second-order valence-electron chi connectivity index (χ2n) is 22.6. The number of carbonyl (C=O) groups is 7. The number of thiazole rings is 3. The van der Waals surface area contributed by atoms with Gasteiger partial charge in [-0.05, 0) is 71.4 Å². The molecule has 0 aliphatic carbocycles. The van der Waals surface area contributed by atoms with Crippen LogP contribution in [0.3, 0.4) is 0 Å². The number of aliphatic hydroxyl groups excluding tert-OH is 1. The Kier molecular flexibility index (Phi) is 37.1. The van der Waals surface area contributed by atoms with Gasteiger partial charge in [-0.3, -0.25) is 19.2 Å². The summed E-state index contributed by atoms with van der Waals surface area (Å²) in [6, 6.07) is -3.19. The molecule has 0 spiro atoms. The van der Waals surface area contributed by atoms with E-state index >= 15 is 0 Å². The van der Waals surface area contributed by atoms with Crippen molar-refractivity contribution in [1.29, 1.82) is 0 Å². The Hall–Kier alpha value is -6.93. The van der Waals surface area contributed by atoms with E-state index in [0.29, 0.717) is 42.8 Å². The summed E-state index contributed by atoms with van der Waals surface area (Å²) in [6.07, 6.45) is 3.45. The number of nitrogens with one attached hydrogen (secondary N) is 2. The first-order valence-electron chi connectivity index (χ1n) is 29.6. The lowest BCUT2D eigenvalue weighted by atomic mass is 9.91. The monoisotopic (exact) mass is 1290 g/mol. The van der Waals surface area contributed by atoms with Crippen molar-refractivity contribution in [1.82, 2.24) is 30.5 Å². The highest BCUT2D eigenvalue weighted by atomic mass is 32.1. The number of rotatable bonds is 34. The maximum Gasteiger partial charge on any atom is 0.357 e. The summed E-state index contributed by atoms with van der Waals surface area (Å²) in [4.78, 5) is 109. The number of methoxy groups -OCH3 is 3. The maximum atomic E-state index is 13.6. The quantitative estimate of drug-likeness (QED) is 0.0125. The summed E-state index contributed by atoms with van der Waals surface area (Å²) in [5.74, 6) is -2.97. The summed E-state index contributed by atoms with van der Waals surface area (Å²) >= 11 is 3.92. The van der Waals surface area contributed by atoms with Gasteiger partial charge in [0.05, 0.1) is 31.3 Å². The smallest absolute Gasteiger partial charge is 0.357 e. The SMILES string of the molecule is CCCC(=O)OCN(C(=O)[C@H](N=[N+]=[N-])[C@@H](C)CC)[C@H](C[C@@H](C)c1nc(C(=O)OC)cs1)C(C)C.CC[C@H](C)C(N=[N+]=[N-])C(=O)N[C@H](C[C@@H](C)c1nc(C(=O)OC)cs1)C(C)C.CC[C@H](C)[C@@H](N=[N+]=[N-])C(=O)N[C@H](C[C@@H](O)c1nc(C(=O)OC)cs1)C(C)C. The highest BCUT2D eigenvalue weighted by Gasteiger charge is 2.36. The third-order valence-electron chi connectivity index (χ3n) is 15.0. The van der Waals surface area contributed by atoms with Gasteiger partial charge in [-0.2, -0.15) is 0 Å². The molecule has 30 heteroatoms. The standard InChI is InChI=1S/C23H37N5O5S.C18H29N5O3S.C17H27N5O4S/c1-8-10-19(29)33-13-28(22(30)20(26-27-24)15(5)9-2)18(14(3)4)11-16(6)21-25-17(12-34-21)23(31)32-7;1-7-11(4)15(22-23-19)16(24)20-13(10(2)3)8-12(5)17-21-14(9-27-17)18(25)26-6;1-6-10(4)14(21-22-18)15(24)19-11(9(2)3)7-13(23)16-20-12(8-27-16)17(25)26-5/h12,14-16,18,20H,8-11,13H2,1-7H3;9-13,15H,7-8H2,1-6H3,(H,20,24);8-11,13-14,23H,6-7H2,1-5H3,(H,19,24)/t15-,16+,18+,20+;11-,12+,13+,15?;10-,11+,13+,14+/m000/s1. The van der Waals surface area contributed by atoms with Gasteiger partial charge in [-0.1, -0.05) is 138 Å². The number of carbonyl (C=O) groups excluding carboxylic acids is 7. The van der Waals surface area contributed by atoms with Crippen molar-refractivity contribution < 1.29 is 57.6 Å². The molecule has 27 nitrogen and oxygen atoms in total. The molecule has 0 saturated heterocycles. The van der Waals surface area contributed by atoms with Gasteiger partial charge in [0.15, 0.2) is 23.8 Å². The first-order chi connectivity index (χ1) is 41.6. The summed E-state index contributed by atoms with van der Waals surface area (Å²) in [6.45, 7) is 28.9. The summed E-state index contributed by atoms with van der Waals surface area (Å²) < 4.78 is 19.5. The molecule has 0 fully saturated rings. The van der Waals surface area contributed by atoms with E-state index in [-0.39, 0.29) is 120 Å². The van der Waals surface area contributed by atoms with Crippen molar-refractivity contribution in [2.75, 3.05) is 28.1 Å². The van der Waals surface area contributed by atoms with E-state index < -0.39 is 42.1 Å². The zero-order valence-electron chi connectivity index (χ0n) is 54.2. The average molecular weight is 1290 g/mol. The van der Waals surface area contributed by atoms with E-state index in [4.69, 9.17) is 30.8 Å². The molecule has 3 aromatic rings. The van der Waals surface area contributed by atoms with Crippen molar-refractivity contribution in [3.8, 4) is 0 Å². The molecule has 3 aromatic heterocycles. The molecule has 0 bridgehead atoms. The topological polar surface area (TPSA) is 389 Å². The normalized spacial score (nSPS) is 15.0. The molecular weight excluding hydrogens is 1190 g/mol. The lowest BCUT2D eigenvalue weighted by molar-refractivity contribution is -0.157. The Bertz CT molecular complexity index is 2710. The van der Waals surface area contributed by atoms with Crippen LogP contribution in [0.4, 0.5) is 0 Å². The molecule has 490 valence electrons. The zero-order valence-corrected chi connectivity index (χ0v) is 56.7. The van der Waals surface area contributed by atoms with E-state index in [0.717, 1.165) is 27.8 Å². The first kappa shape index (κ1) is 79.1. The number of aromatic nitrogens is 3. The molecule has 0 aromatic carbocycles. The van der Waals surface area contributed by atoms with Gasteiger partial charge in [0.2, 0.25) is 17.7 Å². The van der Waals surface area contributed by atoms with E-state index in [2.05, 4.69) is 60.4 Å². The summed E-state index contributed by atoms with van der Waals surface area (Å²) in [5.41, 5.74) is 27.3. The predicted molar refractivity (Wildman–Crippen MR) is 338 cm³/mol. The third kappa shape index (κ3) is 25.7.